The molecule has 2 atom stereocenters. The fourth-order valence-electron chi connectivity index (χ4n) is 3.95. The molecule has 0 aromatic rings. The summed E-state index contributed by atoms with van der Waals surface area (Å²) in [6, 6.07) is -0.00155. The highest BCUT2D eigenvalue weighted by molar-refractivity contribution is 5.72. The van der Waals surface area contributed by atoms with Crippen molar-refractivity contribution in [3.8, 4) is 0 Å². The maximum Gasteiger partial charge on any atom is 0.410 e. The second kappa shape index (κ2) is 9.73. The molecule has 27 heavy (non-hydrogen) atoms. The summed E-state index contributed by atoms with van der Waals surface area (Å²) < 4.78 is 21.8. The van der Waals surface area contributed by atoms with Crippen LogP contribution >= 0.6 is 0 Å². The Labute approximate surface area is 162 Å². The molecule has 1 aliphatic carbocycles. The molecule has 0 N–H and O–H groups in total. The number of carbonyl (C=O) groups is 2. The number of nitrogens with zero attached hydrogens (tertiary/aromatic N) is 1. The van der Waals surface area contributed by atoms with E-state index in [0.717, 1.165) is 32.1 Å². The molecule has 0 radical (unpaired) electrons. The van der Waals surface area contributed by atoms with Crippen molar-refractivity contribution in [1.29, 1.82) is 0 Å². The van der Waals surface area contributed by atoms with E-state index in [1.54, 1.807) is 12.0 Å². The monoisotopic (exact) mass is 385 g/mol. The standard InChI is InChI=1S/C20H35NO6/c1-20(2,3)27-19(23)21-11-14(12-24-4)10-16(21)13-26-17-8-6-15(7-9-17)18(22)25-5/h14-17H,6-13H2,1-5H3/t14-,15-,16-,17-/m0/s1. The third kappa shape index (κ3) is 6.64. The molecule has 1 saturated carbocycles. The van der Waals surface area contributed by atoms with Gasteiger partial charge >= 0.3 is 12.1 Å². The first-order valence-corrected chi connectivity index (χ1v) is 9.91. The van der Waals surface area contributed by atoms with Gasteiger partial charge in [0.2, 0.25) is 0 Å². The fourth-order valence-corrected chi connectivity index (χ4v) is 3.95. The number of carbonyl (C=O) groups excluding carboxylic acids is 2. The van der Waals surface area contributed by atoms with Crippen molar-refractivity contribution in [2.75, 3.05) is 34.0 Å². The quantitative estimate of drug-likeness (QED) is 0.655. The van der Waals surface area contributed by atoms with Gasteiger partial charge in [-0.2, -0.15) is 0 Å². The largest absolute Gasteiger partial charge is 0.469 e. The van der Waals surface area contributed by atoms with E-state index >= 15 is 0 Å². The van der Waals surface area contributed by atoms with Crippen LogP contribution in [0.15, 0.2) is 0 Å². The Kier molecular flexibility index (Phi) is 7.91. The molecule has 0 aromatic carbocycles. The van der Waals surface area contributed by atoms with Gasteiger partial charge in [0, 0.05) is 19.6 Å². The first-order valence-electron chi connectivity index (χ1n) is 9.91. The van der Waals surface area contributed by atoms with Gasteiger partial charge in [-0.3, -0.25) is 4.79 Å². The molecule has 0 spiro atoms. The highest BCUT2D eigenvalue weighted by Gasteiger charge is 2.38. The van der Waals surface area contributed by atoms with Gasteiger partial charge in [-0.25, -0.2) is 4.79 Å². The second-order valence-corrected chi connectivity index (χ2v) is 8.67. The predicted molar refractivity (Wildman–Crippen MR) is 100 cm³/mol. The Morgan fingerprint density at radius 2 is 1.70 bits per heavy atom. The molecule has 1 aliphatic heterocycles. The SMILES string of the molecule is COC[C@H]1C[C@@H](CO[C@H]2CC[C@H](C(=O)OC)CC2)N(C(=O)OC(C)(C)C)C1. The van der Waals surface area contributed by atoms with Crippen LogP contribution in [-0.4, -0.2) is 68.7 Å². The Bertz CT molecular complexity index is 495. The molecule has 1 heterocycles. The van der Waals surface area contributed by atoms with Crippen molar-refractivity contribution in [2.45, 2.75) is 70.6 Å². The van der Waals surface area contributed by atoms with E-state index in [1.165, 1.54) is 7.11 Å². The molecule has 0 unspecified atom stereocenters. The number of amides is 1. The zero-order valence-electron chi connectivity index (χ0n) is 17.4. The topological polar surface area (TPSA) is 74.3 Å². The fraction of sp³-hybridized carbons (Fsp3) is 0.900. The third-order valence-corrected chi connectivity index (χ3v) is 5.26. The number of hydrogen-bond donors (Lipinski definition) is 0. The molecular weight excluding hydrogens is 350 g/mol. The number of ether oxygens (including phenoxy) is 4. The van der Waals surface area contributed by atoms with Crippen molar-refractivity contribution in [2.24, 2.45) is 11.8 Å². The van der Waals surface area contributed by atoms with Crippen LogP contribution < -0.4 is 0 Å². The van der Waals surface area contributed by atoms with Gasteiger partial charge in [-0.1, -0.05) is 0 Å². The summed E-state index contributed by atoms with van der Waals surface area (Å²) in [5, 5.41) is 0. The minimum atomic E-state index is -0.520. The van der Waals surface area contributed by atoms with Crippen LogP contribution in [0, 0.1) is 11.8 Å². The highest BCUT2D eigenvalue weighted by Crippen LogP contribution is 2.30. The van der Waals surface area contributed by atoms with Crippen molar-refractivity contribution in [3.05, 3.63) is 0 Å². The van der Waals surface area contributed by atoms with Gasteiger partial charge < -0.3 is 23.8 Å². The van der Waals surface area contributed by atoms with E-state index in [-0.39, 0.29) is 30.1 Å². The van der Waals surface area contributed by atoms with E-state index < -0.39 is 5.60 Å². The van der Waals surface area contributed by atoms with Crippen LogP contribution in [-0.2, 0) is 23.7 Å². The Hall–Kier alpha value is -1.34. The van der Waals surface area contributed by atoms with Crippen LogP contribution in [0.5, 0.6) is 0 Å². The maximum absolute atomic E-state index is 12.6. The van der Waals surface area contributed by atoms with Crippen LogP contribution in [0.4, 0.5) is 4.79 Å². The first-order chi connectivity index (χ1) is 12.7. The smallest absolute Gasteiger partial charge is 0.410 e. The highest BCUT2D eigenvalue weighted by atomic mass is 16.6. The number of methoxy groups -OCH3 is 2. The summed E-state index contributed by atoms with van der Waals surface area (Å²) in [5.74, 6) is 0.166. The van der Waals surface area contributed by atoms with E-state index in [0.29, 0.717) is 25.7 Å². The van der Waals surface area contributed by atoms with Crippen molar-refractivity contribution < 1.29 is 28.5 Å². The molecule has 7 heteroatoms. The average Bonchev–Trinajstić information content (AvgIpc) is 3.02. The summed E-state index contributed by atoms with van der Waals surface area (Å²) in [6.45, 7) is 7.37. The Morgan fingerprint density at radius 3 is 2.26 bits per heavy atom. The molecule has 1 amide bonds. The van der Waals surface area contributed by atoms with E-state index in [1.807, 2.05) is 20.8 Å². The lowest BCUT2D eigenvalue weighted by Crippen LogP contribution is -2.42. The summed E-state index contributed by atoms with van der Waals surface area (Å²) >= 11 is 0. The number of hydrogen-bond acceptors (Lipinski definition) is 6. The van der Waals surface area contributed by atoms with Crippen molar-refractivity contribution in [1.82, 2.24) is 4.90 Å². The van der Waals surface area contributed by atoms with E-state index in [9.17, 15) is 9.59 Å². The Balaban J connectivity index is 1.86. The zero-order chi connectivity index (χ0) is 20.0. The van der Waals surface area contributed by atoms with Gasteiger partial charge in [0.15, 0.2) is 0 Å². The molecule has 0 aromatic heterocycles. The number of rotatable bonds is 6. The van der Waals surface area contributed by atoms with Crippen LogP contribution in [0.3, 0.4) is 0 Å². The van der Waals surface area contributed by atoms with Gasteiger partial charge in [0.25, 0.3) is 0 Å². The molecule has 2 aliphatic rings. The Morgan fingerprint density at radius 1 is 1.04 bits per heavy atom. The number of likely N-dealkylation sites (tertiary alicyclic amines) is 1. The number of esters is 1. The molecule has 1 saturated heterocycles. The van der Waals surface area contributed by atoms with E-state index in [2.05, 4.69) is 0 Å². The van der Waals surface area contributed by atoms with Crippen LogP contribution in [0.2, 0.25) is 0 Å². The lowest BCUT2D eigenvalue weighted by atomic mass is 9.87. The lowest BCUT2D eigenvalue weighted by molar-refractivity contribution is -0.147. The lowest BCUT2D eigenvalue weighted by Gasteiger charge is -2.31. The summed E-state index contributed by atoms with van der Waals surface area (Å²) in [5.41, 5.74) is -0.520. The van der Waals surface area contributed by atoms with Crippen molar-refractivity contribution >= 4 is 12.1 Å². The summed E-state index contributed by atoms with van der Waals surface area (Å²) in [7, 11) is 3.12. The summed E-state index contributed by atoms with van der Waals surface area (Å²) in [6.07, 6.45) is 3.98. The normalized spacial score (nSPS) is 28.9. The minimum Gasteiger partial charge on any atom is -0.469 e. The molecular formula is C20H35NO6. The minimum absolute atomic E-state index is 0.00155. The molecule has 2 rings (SSSR count). The maximum atomic E-state index is 12.6. The van der Waals surface area contributed by atoms with Crippen LogP contribution in [0.25, 0.3) is 0 Å². The molecule has 0 bridgehead atoms. The van der Waals surface area contributed by atoms with E-state index in [4.69, 9.17) is 18.9 Å². The molecule has 156 valence electrons. The molecule has 7 nitrogen and oxygen atoms in total. The van der Waals surface area contributed by atoms with Crippen molar-refractivity contribution in [3.63, 3.8) is 0 Å². The van der Waals surface area contributed by atoms with Crippen LogP contribution in [0.1, 0.15) is 52.9 Å². The summed E-state index contributed by atoms with van der Waals surface area (Å²) in [4.78, 5) is 26.0. The zero-order valence-corrected chi connectivity index (χ0v) is 17.4. The predicted octanol–water partition coefficient (Wildman–Crippen LogP) is 3.01. The third-order valence-electron chi connectivity index (χ3n) is 5.26. The molecule has 2 fully saturated rings. The average molecular weight is 386 g/mol. The van der Waals surface area contributed by atoms with Gasteiger partial charge in [0.1, 0.15) is 5.60 Å². The second-order valence-electron chi connectivity index (χ2n) is 8.67. The van der Waals surface area contributed by atoms with Gasteiger partial charge in [-0.15, -0.1) is 0 Å². The first kappa shape index (κ1) is 22.0. The van der Waals surface area contributed by atoms with Gasteiger partial charge in [0.05, 0.1) is 38.4 Å². The van der Waals surface area contributed by atoms with Gasteiger partial charge in [-0.05, 0) is 52.9 Å².